The van der Waals surface area contributed by atoms with Gasteiger partial charge in [-0.1, -0.05) is 42.5 Å². The predicted molar refractivity (Wildman–Crippen MR) is 105 cm³/mol. The Kier molecular flexibility index (Phi) is 4.54. The zero-order valence-electron chi connectivity index (χ0n) is 15.5. The van der Waals surface area contributed by atoms with E-state index in [1.807, 2.05) is 50.5 Å². The van der Waals surface area contributed by atoms with Crippen molar-refractivity contribution in [3.8, 4) is 0 Å². The summed E-state index contributed by atoms with van der Waals surface area (Å²) in [6.45, 7) is 1.43. The molecule has 0 saturated carbocycles. The van der Waals surface area contributed by atoms with Gasteiger partial charge in [0.25, 0.3) is 5.91 Å². The summed E-state index contributed by atoms with van der Waals surface area (Å²) >= 11 is 0. The molecule has 0 radical (unpaired) electrons. The molecule has 0 unspecified atom stereocenters. The maximum atomic E-state index is 13.2. The van der Waals surface area contributed by atoms with Gasteiger partial charge in [-0.2, -0.15) is 0 Å². The van der Waals surface area contributed by atoms with Gasteiger partial charge in [0.2, 0.25) is 5.76 Å². The second kappa shape index (κ2) is 7.00. The van der Waals surface area contributed by atoms with Crippen LogP contribution in [0.3, 0.4) is 0 Å². The first-order valence-corrected chi connectivity index (χ1v) is 9.14. The van der Waals surface area contributed by atoms with Crippen molar-refractivity contribution in [2.24, 2.45) is 0 Å². The molecule has 3 aromatic rings. The first kappa shape index (κ1) is 17.5. The molecule has 1 atom stereocenters. The minimum absolute atomic E-state index is 0.121. The van der Waals surface area contributed by atoms with E-state index in [0.717, 1.165) is 18.5 Å². The summed E-state index contributed by atoms with van der Waals surface area (Å²) in [7, 11) is 4.01. The highest BCUT2D eigenvalue weighted by Gasteiger charge is 2.42. The van der Waals surface area contributed by atoms with Crippen LogP contribution in [0, 0.1) is 0 Å². The second-order valence-electron chi connectivity index (χ2n) is 7.14. The Morgan fingerprint density at radius 2 is 1.70 bits per heavy atom. The van der Waals surface area contributed by atoms with Gasteiger partial charge in [0, 0.05) is 6.54 Å². The number of hydrogen-bond donors (Lipinski definition) is 0. The van der Waals surface area contributed by atoms with Gasteiger partial charge >= 0.3 is 0 Å². The number of nitrogens with zero attached hydrogens (tertiary/aromatic N) is 2. The van der Waals surface area contributed by atoms with Crippen LogP contribution < -0.4 is 5.43 Å². The average Bonchev–Trinajstić information content (AvgIpc) is 2.95. The molecule has 1 aliphatic heterocycles. The summed E-state index contributed by atoms with van der Waals surface area (Å²) in [4.78, 5) is 30.2. The van der Waals surface area contributed by atoms with Gasteiger partial charge in [0.15, 0.2) is 5.43 Å². The fourth-order valence-electron chi connectivity index (χ4n) is 3.74. The van der Waals surface area contributed by atoms with Crippen molar-refractivity contribution >= 4 is 16.9 Å². The number of fused-ring (bicyclic) bond motifs is 2. The van der Waals surface area contributed by atoms with Crippen LogP contribution in [0.4, 0.5) is 0 Å². The highest BCUT2D eigenvalue weighted by molar-refractivity contribution is 5.99. The fourth-order valence-corrected chi connectivity index (χ4v) is 3.74. The number of rotatable bonds is 5. The number of amides is 1. The van der Waals surface area contributed by atoms with Crippen LogP contribution in [-0.2, 0) is 0 Å². The number of carbonyl (C=O) groups is 1. The first-order chi connectivity index (χ1) is 13.1. The standard InChI is InChI=1S/C22H22N2O3/c1-23(2)13-8-14-24-19(15-9-4-3-5-10-15)18-20(25)16-11-6-7-12-17(16)27-21(18)22(24)26/h3-7,9-12,19H,8,13-14H2,1-2H3/t19-/m1/s1. The molecule has 0 N–H and O–H groups in total. The average molecular weight is 362 g/mol. The SMILES string of the molecule is CN(C)CCCN1C(=O)c2oc3ccccc3c(=O)c2[C@H]1c1ccccc1. The van der Waals surface area contributed by atoms with Gasteiger partial charge in [-0.3, -0.25) is 9.59 Å². The smallest absolute Gasteiger partial charge is 0.290 e. The van der Waals surface area contributed by atoms with Crippen molar-refractivity contribution < 1.29 is 9.21 Å². The van der Waals surface area contributed by atoms with Crippen molar-refractivity contribution in [1.29, 1.82) is 0 Å². The Labute approximate surface area is 157 Å². The summed E-state index contributed by atoms with van der Waals surface area (Å²) in [5.41, 5.74) is 1.72. The minimum Gasteiger partial charge on any atom is -0.450 e. The summed E-state index contributed by atoms with van der Waals surface area (Å²) in [6, 6.07) is 16.4. The Morgan fingerprint density at radius 1 is 1.00 bits per heavy atom. The van der Waals surface area contributed by atoms with Crippen LogP contribution in [0.2, 0.25) is 0 Å². The van der Waals surface area contributed by atoms with E-state index in [-0.39, 0.29) is 17.1 Å². The molecule has 2 heterocycles. The van der Waals surface area contributed by atoms with Crippen molar-refractivity contribution in [3.05, 3.63) is 81.7 Å². The monoisotopic (exact) mass is 362 g/mol. The normalized spacial score (nSPS) is 16.3. The molecule has 1 aromatic heterocycles. The number of para-hydroxylation sites is 1. The van der Waals surface area contributed by atoms with E-state index in [2.05, 4.69) is 4.90 Å². The molecular weight excluding hydrogens is 340 g/mol. The summed E-state index contributed by atoms with van der Waals surface area (Å²) in [5.74, 6) is -0.0298. The highest BCUT2D eigenvalue weighted by atomic mass is 16.3. The number of benzene rings is 2. The van der Waals surface area contributed by atoms with E-state index >= 15 is 0 Å². The Hall–Kier alpha value is -2.92. The van der Waals surface area contributed by atoms with Crippen LogP contribution in [0.5, 0.6) is 0 Å². The number of carbonyl (C=O) groups excluding carboxylic acids is 1. The van der Waals surface area contributed by atoms with Gasteiger partial charge in [-0.05, 0) is 44.8 Å². The van der Waals surface area contributed by atoms with E-state index in [1.165, 1.54) is 0 Å². The van der Waals surface area contributed by atoms with Gasteiger partial charge < -0.3 is 14.2 Å². The molecule has 0 bridgehead atoms. The van der Waals surface area contributed by atoms with Crippen molar-refractivity contribution in [3.63, 3.8) is 0 Å². The van der Waals surface area contributed by atoms with Gasteiger partial charge in [0.1, 0.15) is 5.58 Å². The van der Waals surface area contributed by atoms with Crippen LogP contribution in [0.25, 0.3) is 11.0 Å². The lowest BCUT2D eigenvalue weighted by Gasteiger charge is -2.25. The Balaban J connectivity index is 1.86. The molecule has 27 heavy (non-hydrogen) atoms. The predicted octanol–water partition coefficient (Wildman–Crippen LogP) is 3.29. The number of hydrogen-bond acceptors (Lipinski definition) is 4. The van der Waals surface area contributed by atoms with E-state index in [4.69, 9.17) is 4.42 Å². The van der Waals surface area contributed by atoms with E-state index in [0.29, 0.717) is 23.1 Å². The molecule has 1 aliphatic rings. The third kappa shape index (κ3) is 3.04. The topological polar surface area (TPSA) is 53.8 Å². The highest BCUT2D eigenvalue weighted by Crippen LogP contribution is 2.37. The molecule has 2 aromatic carbocycles. The third-order valence-corrected chi connectivity index (χ3v) is 4.99. The van der Waals surface area contributed by atoms with Crippen molar-refractivity contribution in [2.75, 3.05) is 27.2 Å². The third-order valence-electron chi connectivity index (χ3n) is 4.99. The maximum absolute atomic E-state index is 13.2. The summed E-state index contributed by atoms with van der Waals surface area (Å²) in [5, 5.41) is 0.514. The molecule has 4 rings (SSSR count). The van der Waals surface area contributed by atoms with Crippen LogP contribution in [-0.4, -0.2) is 42.9 Å². The van der Waals surface area contributed by atoms with Crippen molar-refractivity contribution in [2.45, 2.75) is 12.5 Å². The quantitative estimate of drug-likeness (QED) is 0.699. The van der Waals surface area contributed by atoms with Crippen molar-refractivity contribution in [1.82, 2.24) is 9.80 Å². The summed E-state index contributed by atoms with van der Waals surface area (Å²) in [6.07, 6.45) is 0.823. The molecule has 0 spiro atoms. The van der Waals surface area contributed by atoms with Gasteiger partial charge in [-0.25, -0.2) is 0 Å². The molecule has 1 amide bonds. The van der Waals surface area contributed by atoms with Gasteiger partial charge in [0.05, 0.1) is 17.0 Å². The molecule has 0 aliphatic carbocycles. The second-order valence-corrected chi connectivity index (χ2v) is 7.14. The lowest BCUT2D eigenvalue weighted by Crippen LogP contribution is -2.32. The molecule has 5 heteroatoms. The van der Waals surface area contributed by atoms with E-state index in [9.17, 15) is 9.59 Å². The molecule has 0 fully saturated rings. The summed E-state index contributed by atoms with van der Waals surface area (Å²) < 4.78 is 5.91. The van der Waals surface area contributed by atoms with E-state index in [1.54, 1.807) is 23.1 Å². The maximum Gasteiger partial charge on any atom is 0.290 e. The fraction of sp³-hybridized carbons (Fsp3) is 0.273. The lowest BCUT2D eigenvalue weighted by atomic mass is 9.98. The first-order valence-electron chi connectivity index (χ1n) is 9.14. The van der Waals surface area contributed by atoms with Gasteiger partial charge in [-0.15, -0.1) is 0 Å². The molecule has 5 nitrogen and oxygen atoms in total. The largest absolute Gasteiger partial charge is 0.450 e. The molecular formula is C22H22N2O3. The Bertz CT molecular complexity index is 1040. The molecule has 0 saturated heterocycles. The lowest BCUT2D eigenvalue weighted by molar-refractivity contribution is 0.0722. The van der Waals surface area contributed by atoms with E-state index < -0.39 is 6.04 Å². The van der Waals surface area contributed by atoms with Crippen LogP contribution in [0.15, 0.2) is 63.8 Å². The minimum atomic E-state index is -0.406. The Morgan fingerprint density at radius 3 is 2.44 bits per heavy atom. The van der Waals surface area contributed by atoms with Crippen LogP contribution >= 0.6 is 0 Å². The zero-order chi connectivity index (χ0) is 19.0. The van der Waals surface area contributed by atoms with Crippen LogP contribution in [0.1, 0.15) is 34.1 Å². The zero-order valence-corrected chi connectivity index (χ0v) is 15.5. The molecule has 138 valence electrons.